The molecule has 0 aromatic heterocycles. The number of anilines is 2. The fourth-order valence-electron chi connectivity index (χ4n) is 2.23. The van der Waals surface area contributed by atoms with Gasteiger partial charge in [-0.15, -0.1) is 0 Å². The number of carbonyl (C=O) groups excluding carboxylic acids is 2. The van der Waals surface area contributed by atoms with Gasteiger partial charge in [-0.25, -0.2) is 4.90 Å². The van der Waals surface area contributed by atoms with Gasteiger partial charge in [-0.2, -0.15) is 0 Å². The molecule has 0 saturated heterocycles. The molecule has 5 heteroatoms. The monoisotopic (exact) mass is 261 g/mol. The van der Waals surface area contributed by atoms with Gasteiger partial charge in [-0.05, 0) is 36.7 Å². The molecule has 5 nitrogen and oxygen atoms in total. The summed E-state index contributed by atoms with van der Waals surface area (Å²) in [5, 5.41) is 6.03. The summed E-state index contributed by atoms with van der Waals surface area (Å²) in [6, 6.07) is 5.71. The highest BCUT2D eigenvalue weighted by molar-refractivity contribution is 6.17. The Hall–Kier alpha value is -1.88. The standard InChI is InChI=1S/C14H19N3O2/c1-3-16-9-14(19)17-12-6-5-11(15-2)8-10(12)4-7-13(17)18/h5-6,8,15-16H,3-4,7,9H2,1-2H3. The molecule has 0 saturated carbocycles. The van der Waals surface area contributed by atoms with Crippen LogP contribution in [0.3, 0.4) is 0 Å². The first-order valence-corrected chi connectivity index (χ1v) is 6.54. The number of nitrogens with one attached hydrogen (secondary N) is 2. The number of fused-ring (bicyclic) bond motifs is 1. The number of nitrogens with zero attached hydrogens (tertiary/aromatic N) is 1. The van der Waals surface area contributed by atoms with Crippen molar-refractivity contribution in [1.29, 1.82) is 0 Å². The van der Waals surface area contributed by atoms with E-state index in [1.54, 1.807) is 0 Å². The summed E-state index contributed by atoms with van der Waals surface area (Å²) in [6.07, 6.45) is 1.08. The molecular formula is C14H19N3O2. The van der Waals surface area contributed by atoms with Crippen molar-refractivity contribution in [3.8, 4) is 0 Å². The molecule has 1 aromatic rings. The van der Waals surface area contributed by atoms with Crippen LogP contribution in [0.5, 0.6) is 0 Å². The van der Waals surface area contributed by atoms with Crippen molar-refractivity contribution < 1.29 is 9.59 Å². The van der Waals surface area contributed by atoms with E-state index in [4.69, 9.17) is 0 Å². The summed E-state index contributed by atoms with van der Waals surface area (Å²) >= 11 is 0. The maximum absolute atomic E-state index is 12.1. The van der Waals surface area contributed by atoms with Crippen LogP contribution < -0.4 is 15.5 Å². The Morgan fingerprint density at radius 1 is 1.37 bits per heavy atom. The topological polar surface area (TPSA) is 61.4 Å². The highest BCUT2D eigenvalue weighted by atomic mass is 16.2. The van der Waals surface area contributed by atoms with E-state index >= 15 is 0 Å². The zero-order valence-electron chi connectivity index (χ0n) is 11.3. The molecule has 1 aromatic carbocycles. The van der Waals surface area contributed by atoms with Crippen molar-refractivity contribution in [2.45, 2.75) is 19.8 Å². The predicted octanol–water partition coefficient (Wildman–Crippen LogP) is 1.14. The average molecular weight is 261 g/mol. The number of hydrogen-bond acceptors (Lipinski definition) is 4. The molecule has 1 aliphatic heterocycles. The van der Waals surface area contributed by atoms with Gasteiger partial charge in [0.15, 0.2) is 0 Å². The van der Waals surface area contributed by atoms with Gasteiger partial charge >= 0.3 is 0 Å². The van der Waals surface area contributed by atoms with Gasteiger partial charge in [0.1, 0.15) is 0 Å². The summed E-state index contributed by atoms with van der Waals surface area (Å²) in [7, 11) is 1.85. The zero-order chi connectivity index (χ0) is 13.8. The van der Waals surface area contributed by atoms with Crippen molar-refractivity contribution in [2.75, 3.05) is 30.4 Å². The van der Waals surface area contributed by atoms with Crippen LogP contribution in [-0.2, 0) is 16.0 Å². The molecule has 0 unspecified atom stereocenters. The van der Waals surface area contributed by atoms with Gasteiger partial charge in [-0.3, -0.25) is 9.59 Å². The third-order valence-corrected chi connectivity index (χ3v) is 3.24. The normalized spacial score (nSPS) is 14.2. The van der Waals surface area contributed by atoms with E-state index in [1.807, 2.05) is 32.2 Å². The maximum atomic E-state index is 12.1. The third-order valence-electron chi connectivity index (χ3n) is 3.24. The van der Waals surface area contributed by atoms with Gasteiger partial charge in [0.2, 0.25) is 11.8 Å². The first-order valence-electron chi connectivity index (χ1n) is 6.54. The molecule has 2 rings (SSSR count). The van der Waals surface area contributed by atoms with Gasteiger partial charge in [0.25, 0.3) is 0 Å². The molecule has 2 N–H and O–H groups in total. The number of imide groups is 1. The third kappa shape index (κ3) is 2.76. The number of amides is 2. The lowest BCUT2D eigenvalue weighted by molar-refractivity contribution is -0.126. The molecule has 102 valence electrons. The Bertz CT molecular complexity index is 499. The first-order chi connectivity index (χ1) is 9.17. The molecule has 0 bridgehead atoms. The van der Waals surface area contributed by atoms with Crippen molar-refractivity contribution in [2.24, 2.45) is 0 Å². The predicted molar refractivity (Wildman–Crippen MR) is 75.3 cm³/mol. The largest absolute Gasteiger partial charge is 0.388 e. The molecule has 2 amide bonds. The van der Waals surface area contributed by atoms with E-state index in [1.165, 1.54) is 4.90 Å². The van der Waals surface area contributed by atoms with Crippen LogP contribution in [-0.4, -0.2) is 32.0 Å². The Morgan fingerprint density at radius 2 is 2.16 bits per heavy atom. The number of carbonyl (C=O) groups is 2. The van der Waals surface area contributed by atoms with Crippen LogP contribution in [0.15, 0.2) is 18.2 Å². The van der Waals surface area contributed by atoms with E-state index < -0.39 is 0 Å². The molecule has 0 fully saturated rings. The van der Waals surface area contributed by atoms with Gasteiger partial charge in [-0.1, -0.05) is 6.92 Å². The summed E-state index contributed by atoms with van der Waals surface area (Å²) < 4.78 is 0. The summed E-state index contributed by atoms with van der Waals surface area (Å²) in [5.41, 5.74) is 2.75. The molecule has 1 aliphatic rings. The number of hydrogen-bond donors (Lipinski definition) is 2. The van der Waals surface area contributed by atoms with Crippen molar-refractivity contribution in [3.05, 3.63) is 23.8 Å². The van der Waals surface area contributed by atoms with Crippen LogP contribution >= 0.6 is 0 Å². The summed E-state index contributed by atoms with van der Waals surface area (Å²) in [5.74, 6) is -0.308. The average Bonchev–Trinajstić information content (AvgIpc) is 2.44. The SMILES string of the molecule is CCNCC(=O)N1C(=O)CCc2cc(NC)ccc21. The molecule has 19 heavy (non-hydrogen) atoms. The quantitative estimate of drug-likeness (QED) is 0.853. The Labute approximate surface area is 113 Å². The van der Waals surface area contributed by atoms with Gasteiger partial charge < -0.3 is 10.6 Å². The Kier molecular flexibility index (Phi) is 4.16. The van der Waals surface area contributed by atoms with E-state index in [0.717, 1.165) is 16.9 Å². The lowest BCUT2D eigenvalue weighted by Gasteiger charge is -2.28. The minimum absolute atomic E-state index is 0.118. The van der Waals surface area contributed by atoms with Gasteiger partial charge in [0.05, 0.1) is 12.2 Å². The fourth-order valence-corrected chi connectivity index (χ4v) is 2.23. The molecule has 0 atom stereocenters. The van der Waals surface area contributed by atoms with E-state index in [0.29, 0.717) is 19.4 Å². The Morgan fingerprint density at radius 3 is 2.84 bits per heavy atom. The molecule has 1 heterocycles. The molecular weight excluding hydrogens is 242 g/mol. The van der Waals surface area contributed by atoms with Crippen LogP contribution in [0.25, 0.3) is 0 Å². The van der Waals surface area contributed by atoms with Crippen LogP contribution in [0.4, 0.5) is 11.4 Å². The smallest absolute Gasteiger partial charge is 0.247 e. The van der Waals surface area contributed by atoms with Crippen molar-refractivity contribution in [1.82, 2.24) is 5.32 Å². The fraction of sp³-hybridized carbons (Fsp3) is 0.429. The van der Waals surface area contributed by atoms with Crippen LogP contribution in [0, 0.1) is 0 Å². The van der Waals surface area contributed by atoms with E-state index in [-0.39, 0.29) is 18.4 Å². The number of likely N-dealkylation sites (N-methyl/N-ethyl adjacent to an activating group) is 1. The number of rotatable bonds is 4. The summed E-state index contributed by atoms with van der Waals surface area (Å²) in [4.78, 5) is 25.4. The minimum Gasteiger partial charge on any atom is -0.388 e. The van der Waals surface area contributed by atoms with Gasteiger partial charge in [0, 0.05) is 19.2 Å². The second-order valence-corrected chi connectivity index (χ2v) is 4.50. The van der Waals surface area contributed by atoms with Crippen LogP contribution in [0.2, 0.25) is 0 Å². The lowest BCUT2D eigenvalue weighted by atomic mass is 10.00. The van der Waals surface area contributed by atoms with Crippen LogP contribution in [0.1, 0.15) is 18.9 Å². The summed E-state index contributed by atoms with van der Waals surface area (Å²) in [6.45, 7) is 2.83. The number of aryl methyl sites for hydroxylation is 1. The van der Waals surface area contributed by atoms with E-state index in [9.17, 15) is 9.59 Å². The minimum atomic E-state index is -0.190. The molecule has 0 aliphatic carbocycles. The second kappa shape index (κ2) is 5.84. The van der Waals surface area contributed by atoms with E-state index in [2.05, 4.69) is 10.6 Å². The molecule has 0 radical (unpaired) electrons. The lowest BCUT2D eigenvalue weighted by Crippen LogP contribution is -2.44. The van der Waals surface area contributed by atoms with Crippen molar-refractivity contribution >= 4 is 23.2 Å². The highest BCUT2D eigenvalue weighted by Gasteiger charge is 2.29. The zero-order valence-corrected chi connectivity index (χ0v) is 11.3. The first kappa shape index (κ1) is 13.5. The molecule has 0 spiro atoms. The Balaban J connectivity index is 2.30. The highest BCUT2D eigenvalue weighted by Crippen LogP contribution is 2.30. The second-order valence-electron chi connectivity index (χ2n) is 4.50. The number of benzene rings is 1. The maximum Gasteiger partial charge on any atom is 0.247 e. The van der Waals surface area contributed by atoms with Crippen molar-refractivity contribution in [3.63, 3.8) is 0 Å².